The van der Waals surface area contributed by atoms with Crippen molar-refractivity contribution in [1.29, 1.82) is 0 Å². The smallest absolute Gasteiger partial charge is 0.0499 e. The molecule has 0 saturated heterocycles. The molecule has 1 rings (SSSR count). The number of rotatable bonds is 3. The van der Waals surface area contributed by atoms with E-state index in [0.29, 0.717) is 0 Å². The Bertz CT molecular complexity index is 307. The van der Waals surface area contributed by atoms with Gasteiger partial charge in [0.15, 0.2) is 0 Å². The molecule has 69 valence electrons. The fraction of sp³-hybridized carbons (Fsp3) is 0.182. The maximum Gasteiger partial charge on any atom is 0.0499 e. The van der Waals surface area contributed by atoms with Crippen molar-refractivity contribution in [2.24, 2.45) is 0 Å². The van der Waals surface area contributed by atoms with Gasteiger partial charge in [-0.05, 0) is 30.2 Å². The summed E-state index contributed by atoms with van der Waals surface area (Å²) in [5, 5.41) is 8.94. The molecule has 1 radical (unpaired) electrons. The number of aliphatic hydroxyl groups excluding tert-OH is 1. The Labute approximate surface area is 87.2 Å². The number of aliphatic hydroxyl groups is 1. The standard InChI is InChI=1S/C11H12BrO/c1-3-9-4-10(8(2)7-13)6-11(12)5-9/h3-6,8,13H,1-2,7H2. The Morgan fingerprint density at radius 1 is 1.46 bits per heavy atom. The van der Waals surface area contributed by atoms with Gasteiger partial charge in [0.2, 0.25) is 0 Å². The predicted molar refractivity (Wildman–Crippen MR) is 59.4 cm³/mol. The molecule has 0 aromatic heterocycles. The van der Waals surface area contributed by atoms with Gasteiger partial charge >= 0.3 is 0 Å². The largest absolute Gasteiger partial charge is 0.396 e. The first-order valence-electron chi connectivity index (χ1n) is 4.04. The van der Waals surface area contributed by atoms with Crippen LogP contribution in [0.1, 0.15) is 17.0 Å². The van der Waals surface area contributed by atoms with Crippen molar-refractivity contribution in [2.75, 3.05) is 6.61 Å². The normalized spacial score (nSPS) is 12.5. The van der Waals surface area contributed by atoms with E-state index in [4.69, 9.17) is 5.11 Å². The van der Waals surface area contributed by atoms with E-state index in [-0.39, 0.29) is 12.5 Å². The Morgan fingerprint density at radius 2 is 2.15 bits per heavy atom. The first-order valence-corrected chi connectivity index (χ1v) is 4.83. The van der Waals surface area contributed by atoms with Gasteiger partial charge in [-0.1, -0.05) is 34.7 Å². The lowest BCUT2D eigenvalue weighted by Gasteiger charge is -2.09. The van der Waals surface area contributed by atoms with E-state index in [2.05, 4.69) is 29.4 Å². The van der Waals surface area contributed by atoms with Gasteiger partial charge in [0.1, 0.15) is 0 Å². The van der Waals surface area contributed by atoms with Crippen LogP contribution in [0.15, 0.2) is 29.3 Å². The van der Waals surface area contributed by atoms with Gasteiger partial charge in [0.25, 0.3) is 0 Å². The van der Waals surface area contributed by atoms with E-state index in [1.807, 2.05) is 18.2 Å². The van der Waals surface area contributed by atoms with E-state index in [1.165, 1.54) is 0 Å². The molecular weight excluding hydrogens is 228 g/mol. The van der Waals surface area contributed by atoms with Gasteiger partial charge in [0.05, 0.1) is 0 Å². The highest BCUT2D eigenvalue weighted by Crippen LogP contribution is 2.22. The molecule has 1 N–H and O–H groups in total. The molecule has 1 aromatic carbocycles. The Hall–Kier alpha value is -0.600. The molecule has 1 aromatic rings. The zero-order chi connectivity index (χ0) is 9.84. The maximum absolute atomic E-state index is 8.94. The summed E-state index contributed by atoms with van der Waals surface area (Å²) in [5.74, 6) is -0.0730. The SMILES string of the molecule is [CH2]C(CO)c1cc(Br)cc(C=C)c1. The first kappa shape index (κ1) is 10.5. The van der Waals surface area contributed by atoms with Crippen LogP contribution in [-0.4, -0.2) is 11.7 Å². The van der Waals surface area contributed by atoms with Crippen LogP contribution in [-0.2, 0) is 0 Å². The summed E-state index contributed by atoms with van der Waals surface area (Å²) in [5.41, 5.74) is 2.05. The second kappa shape index (κ2) is 4.58. The lowest BCUT2D eigenvalue weighted by atomic mass is 10.00. The fourth-order valence-electron chi connectivity index (χ4n) is 1.09. The van der Waals surface area contributed by atoms with Crippen LogP contribution in [0.3, 0.4) is 0 Å². The van der Waals surface area contributed by atoms with Crippen molar-refractivity contribution in [3.63, 3.8) is 0 Å². The van der Waals surface area contributed by atoms with Gasteiger partial charge in [-0.15, -0.1) is 0 Å². The van der Waals surface area contributed by atoms with E-state index in [9.17, 15) is 0 Å². The Balaban J connectivity index is 3.07. The highest BCUT2D eigenvalue weighted by Gasteiger charge is 2.05. The summed E-state index contributed by atoms with van der Waals surface area (Å²) in [6, 6.07) is 5.91. The van der Waals surface area contributed by atoms with E-state index >= 15 is 0 Å². The molecule has 0 saturated carbocycles. The van der Waals surface area contributed by atoms with Crippen molar-refractivity contribution < 1.29 is 5.11 Å². The monoisotopic (exact) mass is 239 g/mol. The van der Waals surface area contributed by atoms with Gasteiger partial charge in [-0.3, -0.25) is 0 Å². The molecule has 1 nitrogen and oxygen atoms in total. The molecule has 0 fully saturated rings. The maximum atomic E-state index is 8.94. The van der Waals surface area contributed by atoms with Crippen LogP contribution in [0.2, 0.25) is 0 Å². The number of hydrogen-bond acceptors (Lipinski definition) is 1. The van der Waals surface area contributed by atoms with Crippen LogP contribution in [0.4, 0.5) is 0 Å². The first-order chi connectivity index (χ1) is 6.17. The lowest BCUT2D eigenvalue weighted by molar-refractivity contribution is 0.282. The number of halogens is 1. The predicted octanol–water partition coefficient (Wildman–Crippen LogP) is 3.00. The molecule has 0 aliphatic carbocycles. The van der Waals surface area contributed by atoms with E-state index in [1.54, 1.807) is 6.08 Å². The molecule has 0 heterocycles. The number of hydrogen-bond donors (Lipinski definition) is 1. The molecule has 13 heavy (non-hydrogen) atoms. The van der Waals surface area contributed by atoms with Gasteiger partial charge in [-0.2, -0.15) is 0 Å². The summed E-state index contributed by atoms with van der Waals surface area (Å²) in [7, 11) is 0. The van der Waals surface area contributed by atoms with Crippen molar-refractivity contribution >= 4 is 22.0 Å². The van der Waals surface area contributed by atoms with Gasteiger partial charge in [-0.25, -0.2) is 0 Å². The Morgan fingerprint density at radius 3 is 2.69 bits per heavy atom. The summed E-state index contributed by atoms with van der Waals surface area (Å²) >= 11 is 3.39. The third-order valence-electron chi connectivity index (χ3n) is 1.87. The third-order valence-corrected chi connectivity index (χ3v) is 2.33. The zero-order valence-electron chi connectivity index (χ0n) is 7.33. The van der Waals surface area contributed by atoms with E-state index in [0.717, 1.165) is 15.6 Å². The van der Waals surface area contributed by atoms with Gasteiger partial charge < -0.3 is 5.11 Å². The number of benzene rings is 1. The topological polar surface area (TPSA) is 20.2 Å². The van der Waals surface area contributed by atoms with Crippen molar-refractivity contribution in [3.05, 3.63) is 47.3 Å². The zero-order valence-corrected chi connectivity index (χ0v) is 8.92. The van der Waals surface area contributed by atoms with Crippen LogP contribution >= 0.6 is 15.9 Å². The molecule has 0 amide bonds. The van der Waals surface area contributed by atoms with E-state index < -0.39 is 0 Å². The third kappa shape index (κ3) is 2.68. The van der Waals surface area contributed by atoms with Crippen molar-refractivity contribution in [3.8, 4) is 0 Å². The summed E-state index contributed by atoms with van der Waals surface area (Å²) in [4.78, 5) is 0. The minimum Gasteiger partial charge on any atom is -0.396 e. The second-order valence-corrected chi connectivity index (χ2v) is 3.82. The lowest BCUT2D eigenvalue weighted by Crippen LogP contribution is -1.99. The van der Waals surface area contributed by atoms with Crippen LogP contribution in [0, 0.1) is 6.92 Å². The molecule has 0 spiro atoms. The average molecular weight is 240 g/mol. The van der Waals surface area contributed by atoms with Crippen LogP contribution < -0.4 is 0 Å². The quantitative estimate of drug-likeness (QED) is 0.860. The van der Waals surface area contributed by atoms with Crippen molar-refractivity contribution in [2.45, 2.75) is 5.92 Å². The van der Waals surface area contributed by atoms with Crippen LogP contribution in [0.5, 0.6) is 0 Å². The Kier molecular flexibility index (Phi) is 3.70. The van der Waals surface area contributed by atoms with Gasteiger partial charge in [0, 0.05) is 17.0 Å². The molecule has 2 heteroatoms. The average Bonchev–Trinajstić information content (AvgIpc) is 2.15. The highest BCUT2D eigenvalue weighted by atomic mass is 79.9. The molecule has 1 unspecified atom stereocenters. The molecular formula is C11H12BrO. The minimum atomic E-state index is -0.0730. The minimum absolute atomic E-state index is 0.0625. The summed E-state index contributed by atoms with van der Waals surface area (Å²) in [6.07, 6.45) is 1.78. The molecule has 0 aliphatic rings. The summed E-state index contributed by atoms with van der Waals surface area (Å²) < 4.78 is 0.988. The molecule has 1 atom stereocenters. The second-order valence-electron chi connectivity index (χ2n) is 2.90. The highest BCUT2D eigenvalue weighted by molar-refractivity contribution is 9.10. The van der Waals surface area contributed by atoms with Crippen LogP contribution in [0.25, 0.3) is 6.08 Å². The molecule has 0 bridgehead atoms. The summed E-state index contributed by atoms with van der Waals surface area (Å²) in [6.45, 7) is 7.60. The van der Waals surface area contributed by atoms with Crippen molar-refractivity contribution in [1.82, 2.24) is 0 Å². The fourth-order valence-corrected chi connectivity index (χ4v) is 1.62. The molecule has 0 aliphatic heterocycles.